The third-order valence-electron chi connectivity index (χ3n) is 1.33. The van der Waals surface area contributed by atoms with Gasteiger partial charge in [0.1, 0.15) is 5.52 Å². The minimum atomic E-state index is -0.547. The molecular formula is C6H4N5O3-. The van der Waals surface area contributed by atoms with Gasteiger partial charge < -0.3 is 10.4 Å². The minimum absolute atomic E-state index is 0.277. The van der Waals surface area contributed by atoms with E-state index in [-0.39, 0.29) is 11.2 Å². The molecule has 14 heavy (non-hydrogen) atoms. The maximum absolute atomic E-state index is 10.9. The summed E-state index contributed by atoms with van der Waals surface area (Å²) in [6, 6.07) is 0. The third-order valence-corrected chi connectivity index (χ3v) is 1.33. The predicted octanol–water partition coefficient (Wildman–Crippen LogP) is -1.17. The van der Waals surface area contributed by atoms with Gasteiger partial charge in [-0.15, -0.1) is 0 Å². The molecule has 0 spiro atoms. The van der Waals surface area contributed by atoms with Crippen LogP contribution in [0.2, 0.25) is 0 Å². The Morgan fingerprint density at radius 1 is 1.36 bits per heavy atom. The van der Waals surface area contributed by atoms with Crippen molar-refractivity contribution in [1.82, 2.24) is 19.9 Å². The summed E-state index contributed by atoms with van der Waals surface area (Å²) < 4.78 is 0. The Kier molecular flexibility index (Phi) is 2.72. The summed E-state index contributed by atoms with van der Waals surface area (Å²) in [4.78, 5) is 40.5. The Labute approximate surface area is 75.5 Å². The molecule has 2 aromatic rings. The van der Waals surface area contributed by atoms with Gasteiger partial charge in [-0.25, -0.2) is 9.78 Å². The van der Waals surface area contributed by atoms with E-state index in [0.29, 0.717) is 6.08 Å². The molecule has 0 saturated heterocycles. The number of carbonyl (C=O) groups excluding carboxylic acids is 1. The maximum atomic E-state index is 10.9. The first-order valence-electron chi connectivity index (χ1n) is 3.36. The van der Waals surface area contributed by atoms with Gasteiger partial charge in [0.25, 0.3) is 5.56 Å². The van der Waals surface area contributed by atoms with E-state index in [1.807, 2.05) is 0 Å². The highest BCUT2D eigenvalue weighted by atomic mass is 16.2. The van der Waals surface area contributed by atoms with Crippen LogP contribution in [0.5, 0.6) is 0 Å². The molecule has 0 aliphatic carbocycles. The van der Waals surface area contributed by atoms with E-state index in [2.05, 4.69) is 19.9 Å². The van der Waals surface area contributed by atoms with Crippen molar-refractivity contribution in [1.29, 1.82) is 0 Å². The molecule has 2 rings (SSSR count). The first-order chi connectivity index (χ1) is 6.69. The second kappa shape index (κ2) is 3.97. The van der Waals surface area contributed by atoms with Gasteiger partial charge in [0.2, 0.25) is 0 Å². The van der Waals surface area contributed by atoms with Crippen molar-refractivity contribution in [2.75, 3.05) is 0 Å². The number of isocyanates is 1. The smallest absolute Gasteiger partial charge is 0.327 e. The number of aromatic amines is 3. The van der Waals surface area contributed by atoms with Crippen LogP contribution in [0.15, 0.2) is 15.9 Å². The van der Waals surface area contributed by atoms with E-state index in [1.165, 1.54) is 6.33 Å². The molecule has 0 unspecified atom stereocenters. The first-order valence-corrected chi connectivity index (χ1v) is 3.36. The Balaban J connectivity index is 0.000000293. The van der Waals surface area contributed by atoms with Gasteiger partial charge in [0.15, 0.2) is 5.65 Å². The predicted molar refractivity (Wildman–Crippen MR) is 46.4 cm³/mol. The second-order valence-corrected chi connectivity index (χ2v) is 2.13. The topological polar surface area (TPSA) is 134 Å². The van der Waals surface area contributed by atoms with Gasteiger partial charge in [-0.3, -0.25) is 19.6 Å². The van der Waals surface area contributed by atoms with Crippen LogP contribution in [-0.2, 0) is 4.79 Å². The highest BCUT2D eigenvalue weighted by molar-refractivity contribution is 5.67. The number of nitrogens with zero attached hydrogens (tertiary/aromatic N) is 2. The van der Waals surface area contributed by atoms with Crippen molar-refractivity contribution in [3.8, 4) is 0 Å². The summed E-state index contributed by atoms with van der Waals surface area (Å²) in [6.07, 6.45) is 1.84. The zero-order valence-corrected chi connectivity index (χ0v) is 6.70. The lowest BCUT2D eigenvalue weighted by Crippen LogP contribution is -2.21. The lowest BCUT2D eigenvalue weighted by atomic mass is 10.5. The van der Waals surface area contributed by atoms with Crippen LogP contribution in [-0.4, -0.2) is 26.0 Å². The molecule has 0 bridgehead atoms. The highest BCUT2D eigenvalue weighted by Crippen LogP contribution is 1.92. The van der Waals surface area contributed by atoms with Crippen LogP contribution < -0.4 is 11.2 Å². The molecule has 0 fully saturated rings. The van der Waals surface area contributed by atoms with Crippen molar-refractivity contribution in [2.24, 2.45) is 0 Å². The van der Waals surface area contributed by atoms with Crippen LogP contribution in [0, 0.1) is 0 Å². The van der Waals surface area contributed by atoms with Gasteiger partial charge in [-0.2, -0.15) is 0 Å². The summed E-state index contributed by atoms with van der Waals surface area (Å²) in [5.41, 5.74) is -0.445. The lowest BCUT2D eigenvalue weighted by molar-refractivity contribution is 0.569. The number of hydrogen-bond acceptors (Lipinski definition) is 4. The fourth-order valence-electron chi connectivity index (χ4n) is 0.867. The standard InChI is InChI=1S/C5H4N4O2.CNO/c10-4-2-3(7-1-6-2)8-5(11)9-4;2-1-3/h1H,(H3,6,7,8,9,10,11);/q;-1. The average molecular weight is 194 g/mol. The van der Waals surface area contributed by atoms with Gasteiger partial charge in [0, 0.05) is 0 Å². The SMILES string of the molecule is O=c1[nH]c(=O)c2[nH]cnc2[nH]1.[N-]=C=O. The van der Waals surface area contributed by atoms with Crippen LogP contribution in [0.25, 0.3) is 16.6 Å². The van der Waals surface area contributed by atoms with Gasteiger partial charge in [-0.05, 0) is 6.08 Å². The van der Waals surface area contributed by atoms with Crippen LogP contribution in [0.1, 0.15) is 0 Å². The van der Waals surface area contributed by atoms with Crippen molar-refractivity contribution >= 4 is 17.2 Å². The van der Waals surface area contributed by atoms with E-state index in [1.54, 1.807) is 0 Å². The van der Waals surface area contributed by atoms with Crippen molar-refractivity contribution in [3.05, 3.63) is 32.6 Å². The third kappa shape index (κ3) is 1.82. The Bertz CT molecular complexity index is 571. The monoisotopic (exact) mass is 194 g/mol. The normalized spacial score (nSPS) is 8.86. The molecule has 0 atom stereocenters. The van der Waals surface area contributed by atoms with Crippen LogP contribution >= 0.6 is 0 Å². The number of nitrogens with one attached hydrogen (secondary N) is 3. The molecule has 72 valence electrons. The van der Waals surface area contributed by atoms with Crippen molar-refractivity contribution < 1.29 is 4.79 Å². The summed E-state index contributed by atoms with van der Waals surface area (Å²) in [5, 5.41) is 6.76. The second-order valence-electron chi connectivity index (χ2n) is 2.13. The van der Waals surface area contributed by atoms with Gasteiger partial charge in [0.05, 0.1) is 6.33 Å². The Morgan fingerprint density at radius 3 is 2.64 bits per heavy atom. The molecule has 8 nitrogen and oxygen atoms in total. The largest absolute Gasteiger partial charge is 0.724 e. The minimum Gasteiger partial charge on any atom is -0.724 e. The lowest BCUT2D eigenvalue weighted by Gasteiger charge is -1.83. The summed E-state index contributed by atoms with van der Waals surface area (Å²) in [6.45, 7) is 0. The summed E-state index contributed by atoms with van der Waals surface area (Å²) >= 11 is 0. The van der Waals surface area contributed by atoms with Crippen molar-refractivity contribution in [2.45, 2.75) is 0 Å². The van der Waals surface area contributed by atoms with Gasteiger partial charge >= 0.3 is 5.69 Å². The molecule has 8 heteroatoms. The molecule has 0 radical (unpaired) electrons. The Morgan fingerprint density at radius 2 is 2.00 bits per heavy atom. The summed E-state index contributed by atoms with van der Waals surface area (Å²) in [5.74, 6) is 0. The van der Waals surface area contributed by atoms with E-state index >= 15 is 0 Å². The highest BCUT2D eigenvalue weighted by Gasteiger charge is 1.99. The number of hydrogen-bond donors (Lipinski definition) is 3. The molecule has 0 aliphatic heterocycles. The first kappa shape index (κ1) is 9.62. The Hall–Kier alpha value is -2.47. The molecule has 0 saturated carbocycles. The number of imidazole rings is 1. The van der Waals surface area contributed by atoms with Crippen molar-refractivity contribution in [3.63, 3.8) is 0 Å². The average Bonchev–Trinajstić information content (AvgIpc) is 2.53. The van der Waals surface area contributed by atoms with Crippen LogP contribution in [0.3, 0.4) is 0 Å². The van der Waals surface area contributed by atoms with E-state index in [0.717, 1.165) is 0 Å². The van der Waals surface area contributed by atoms with E-state index in [4.69, 9.17) is 10.2 Å². The number of rotatable bonds is 0. The molecule has 2 heterocycles. The van der Waals surface area contributed by atoms with E-state index < -0.39 is 11.2 Å². The molecule has 0 aliphatic rings. The van der Waals surface area contributed by atoms with Gasteiger partial charge in [-0.1, -0.05) is 0 Å². The maximum Gasteiger partial charge on any atom is 0.327 e. The quantitative estimate of drug-likeness (QED) is 0.359. The zero-order valence-electron chi connectivity index (χ0n) is 6.70. The van der Waals surface area contributed by atoms with Crippen LogP contribution in [0.4, 0.5) is 0 Å². The fourth-order valence-corrected chi connectivity index (χ4v) is 0.867. The molecule has 0 amide bonds. The fraction of sp³-hybridized carbons (Fsp3) is 0. The zero-order chi connectivity index (χ0) is 10.6. The molecule has 0 aromatic carbocycles. The molecule has 2 aromatic heterocycles. The molecule has 3 N–H and O–H groups in total. The molecular weight excluding hydrogens is 190 g/mol. The number of aromatic nitrogens is 4. The summed E-state index contributed by atoms with van der Waals surface area (Å²) in [7, 11) is 0. The number of H-pyrrole nitrogens is 3. The van der Waals surface area contributed by atoms with E-state index in [9.17, 15) is 9.59 Å². The number of fused-ring (bicyclic) bond motifs is 1.